The highest BCUT2D eigenvalue weighted by Crippen LogP contribution is 2.26. The Bertz CT molecular complexity index is 507. The zero-order chi connectivity index (χ0) is 14.6. The lowest BCUT2D eigenvalue weighted by molar-refractivity contribution is -0.121. The van der Waals surface area contributed by atoms with Gasteiger partial charge in [0.15, 0.2) is 11.6 Å². The van der Waals surface area contributed by atoms with Crippen molar-refractivity contribution in [3.05, 3.63) is 24.0 Å². The van der Waals surface area contributed by atoms with Gasteiger partial charge in [-0.1, -0.05) is 19.1 Å². The Labute approximate surface area is 117 Å². The number of nitrogens with two attached hydrogens (primary N) is 1. The fraction of sp³-hybridized carbons (Fsp3) is 0.385. The minimum atomic E-state index is -0.934. The van der Waals surface area contributed by atoms with E-state index in [0.29, 0.717) is 12.1 Å². The van der Waals surface area contributed by atoms with Crippen LogP contribution in [0.4, 0.5) is 10.1 Å². The van der Waals surface area contributed by atoms with Gasteiger partial charge in [0.05, 0.1) is 17.5 Å². The molecule has 6 heteroatoms. The SMILES string of the molecule is CCC(C)(C(=O)Nc1ccc(F)c(OC)c1)C(N)=S. The number of amides is 1. The molecule has 0 spiro atoms. The highest BCUT2D eigenvalue weighted by atomic mass is 32.1. The summed E-state index contributed by atoms with van der Waals surface area (Å²) in [7, 11) is 1.36. The third kappa shape index (κ3) is 3.20. The first-order valence-electron chi connectivity index (χ1n) is 5.80. The summed E-state index contributed by atoms with van der Waals surface area (Å²) in [4.78, 5) is 12.3. The van der Waals surface area contributed by atoms with Crippen molar-refractivity contribution in [2.45, 2.75) is 20.3 Å². The molecule has 0 fully saturated rings. The predicted molar refractivity (Wildman–Crippen MR) is 76.8 cm³/mol. The molecule has 4 nitrogen and oxygen atoms in total. The van der Waals surface area contributed by atoms with Gasteiger partial charge in [0, 0.05) is 11.8 Å². The highest BCUT2D eigenvalue weighted by molar-refractivity contribution is 7.80. The molecular formula is C13H17FN2O2S. The van der Waals surface area contributed by atoms with Crippen LogP contribution in [0.3, 0.4) is 0 Å². The van der Waals surface area contributed by atoms with Crippen LogP contribution in [0, 0.1) is 11.2 Å². The number of thiocarbonyl (C=S) groups is 1. The zero-order valence-electron chi connectivity index (χ0n) is 11.1. The second kappa shape index (κ2) is 5.97. The fourth-order valence-corrected chi connectivity index (χ4v) is 1.69. The Morgan fingerprint density at radius 1 is 1.58 bits per heavy atom. The van der Waals surface area contributed by atoms with Gasteiger partial charge in [0.25, 0.3) is 0 Å². The number of carbonyl (C=O) groups excluding carboxylic acids is 1. The summed E-state index contributed by atoms with van der Waals surface area (Å²) >= 11 is 4.92. The predicted octanol–water partition coefficient (Wildman–Crippen LogP) is 2.48. The van der Waals surface area contributed by atoms with Crippen molar-refractivity contribution in [3.8, 4) is 5.75 Å². The number of halogens is 1. The van der Waals surface area contributed by atoms with Gasteiger partial charge in [-0.3, -0.25) is 4.79 Å². The molecule has 0 heterocycles. The average molecular weight is 284 g/mol. The number of hydrogen-bond donors (Lipinski definition) is 2. The van der Waals surface area contributed by atoms with E-state index in [2.05, 4.69) is 5.32 Å². The largest absolute Gasteiger partial charge is 0.494 e. The average Bonchev–Trinajstić information content (AvgIpc) is 2.39. The van der Waals surface area contributed by atoms with Gasteiger partial charge < -0.3 is 15.8 Å². The molecule has 104 valence electrons. The van der Waals surface area contributed by atoms with Crippen molar-refractivity contribution >= 4 is 28.8 Å². The van der Waals surface area contributed by atoms with E-state index in [1.54, 1.807) is 6.92 Å². The van der Waals surface area contributed by atoms with Crippen molar-refractivity contribution in [1.29, 1.82) is 0 Å². The molecule has 1 amide bonds. The second-order valence-corrected chi connectivity index (χ2v) is 4.79. The summed E-state index contributed by atoms with van der Waals surface area (Å²) in [5, 5.41) is 2.66. The molecule has 1 rings (SSSR count). The number of anilines is 1. The second-order valence-electron chi connectivity index (χ2n) is 4.35. The monoisotopic (exact) mass is 284 g/mol. The number of hydrogen-bond acceptors (Lipinski definition) is 3. The van der Waals surface area contributed by atoms with Crippen LogP contribution in [-0.4, -0.2) is 18.0 Å². The molecule has 0 saturated carbocycles. The Hall–Kier alpha value is -1.69. The Balaban J connectivity index is 2.96. The number of nitrogens with one attached hydrogen (secondary N) is 1. The highest BCUT2D eigenvalue weighted by Gasteiger charge is 2.34. The van der Waals surface area contributed by atoms with E-state index in [1.807, 2.05) is 6.92 Å². The van der Waals surface area contributed by atoms with Crippen molar-refractivity contribution < 1.29 is 13.9 Å². The summed E-state index contributed by atoms with van der Waals surface area (Å²) in [6, 6.07) is 4.08. The first-order chi connectivity index (χ1) is 8.85. The van der Waals surface area contributed by atoms with Gasteiger partial charge in [-0.15, -0.1) is 0 Å². The van der Waals surface area contributed by atoms with Gasteiger partial charge in [0.2, 0.25) is 5.91 Å². The molecule has 0 saturated heterocycles. The summed E-state index contributed by atoms with van der Waals surface area (Å²) in [5.41, 5.74) is 5.10. The third-order valence-corrected chi connectivity index (χ3v) is 3.61. The molecule has 1 unspecified atom stereocenters. The molecule has 0 aromatic heterocycles. The van der Waals surface area contributed by atoms with Crippen molar-refractivity contribution in [1.82, 2.24) is 0 Å². The Morgan fingerprint density at radius 3 is 2.68 bits per heavy atom. The smallest absolute Gasteiger partial charge is 0.237 e. The lowest BCUT2D eigenvalue weighted by Crippen LogP contribution is -2.43. The Morgan fingerprint density at radius 2 is 2.21 bits per heavy atom. The van der Waals surface area contributed by atoms with E-state index in [-0.39, 0.29) is 16.6 Å². The number of carbonyl (C=O) groups is 1. The molecule has 0 aliphatic rings. The molecule has 0 bridgehead atoms. The molecule has 1 aromatic carbocycles. The summed E-state index contributed by atoms with van der Waals surface area (Å²) < 4.78 is 18.1. The van der Waals surface area contributed by atoms with Crippen LogP contribution in [0.25, 0.3) is 0 Å². The Kier molecular flexibility index (Phi) is 4.83. The van der Waals surface area contributed by atoms with Crippen LogP contribution >= 0.6 is 12.2 Å². The number of ether oxygens (including phenoxy) is 1. The molecule has 0 aliphatic heterocycles. The van der Waals surface area contributed by atoms with Gasteiger partial charge >= 0.3 is 0 Å². The molecule has 1 atom stereocenters. The normalized spacial score (nSPS) is 13.5. The van der Waals surface area contributed by atoms with E-state index in [1.165, 1.54) is 25.3 Å². The number of benzene rings is 1. The summed E-state index contributed by atoms with van der Waals surface area (Å²) in [6.07, 6.45) is 0.479. The molecule has 0 aliphatic carbocycles. The maximum Gasteiger partial charge on any atom is 0.237 e. The zero-order valence-corrected chi connectivity index (χ0v) is 11.9. The topological polar surface area (TPSA) is 64.3 Å². The van der Waals surface area contributed by atoms with Crippen LogP contribution < -0.4 is 15.8 Å². The quantitative estimate of drug-likeness (QED) is 0.815. The van der Waals surface area contributed by atoms with Gasteiger partial charge in [0.1, 0.15) is 0 Å². The number of rotatable bonds is 5. The van der Waals surface area contributed by atoms with Crippen LogP contribution in [0.1, 0.15) is 20.3 Å². The standard InChI is InChI=1S/C13H17FN2O2S/c1-4-13(2,11(15)19)12(17)16-8-5-6-9(14)10(7-8)18-3/h5-7H,4H2,1-3H3,(H2,15,19)(H,16,17). The van der Waals surface area contributed by atoms with Crippen LogP contribution in [0.2, 0.25) is 0 Å². The molecule has 0 radical (unpaired) electrons. The van der Waals surface area contributed by atoms with Gasteiger partial charge in [-0.05, 0) is 25.5 Å². The molecule has 3 N–H and O–H groups in total. The maximum absolute atomic E-state index is 13.3. The van der Waals surface area contributed by atoms with Gasteiger partial charge in [-0.2, -0.15) is 0 Å². The van der Waals surface area contributed by atoms with Crippen molar-refractivity contribution in [3.63, 3.8) is 0 Å². The van der Waals surface area contributed by atoms with E-state index in [4.69, 9.17) is 22.7 Å². The van der Waals surface area contributed by atoms with E-state index in [9.17, 15) is 9.18 Å². The lowest BCUT2D eigenvalue weighted by atomic mass is 9.86. The van der Waals surface area contributed by atoms with Crippen LogP contribution in [-0.2, 0) is 4.79 Å². The van der Waals surface area contributed by atoms with Crippen LogP contribution in [0.15, 0.2) is 18.2 Å². The minimum absolute atomic E-state index is 0.0614. The minimum Gasteiger partial charge on any atom is -0.494 e. The lowest BCUT2D eigenvalue weighted by Gasteiger charge is -2.25. The van der Waals surface area contributed by atoms with Crippen molar-refractivity contribution in [2.24, 2.45) is 11.1 Å². The maximum atomic E-state index is 13.3. The first-order valence-corrected chi connectivity index (χ1v) is 6.21. The van der Waals surface area contributed by atoms with Crippen LogP contribution in [0.5, 0.6) is 5.75 Å². The van der Waals surface area contributed by atoms with E-state index in [0.717, 1.165) is 0 Å². The van der Waals surface area contributed by atoms with Crippen molar-refractivity contribution in [2.75, 3.05) is 12.4 Å². The van der Waals surface area contributed by atoms with E-state index < -0.39 is 11.2 Å². The van der Waals surface area contributed by atoms with E-state index >= 15 is 0 Å². The summed E-state index contributed by atoms with van der Waals surface area (Å²) in [6.45, 7) is 3.50. The molecular weight excluding hydrogens is 267 g/mol. The van der Waals surface area contributed by atoms with Gasteiger partial charge in [-0.25, -0.2) is 4.39 Å². The first kappa shape index (κ1) is 15.4. The molecule has 19 heavy (non-hydrogen) atoms. The third-order valence-electron chi connectivity index (χ3n) is 3.16. The number of methoxy groups -OCH3 is 1. The molecule has 1 aromatic rings. The summed E-state index contributed by atoms with van der Waals surface area (Å²) in [5.74, 6) is -0.754. The fourth-order valence-electron chi connectivity index (χ4n) is 1.45.